The molecular weight excluding hydrogens is 267 g/mol. The number of rotatable bonds is 4. The minimum atomic E-state index is -0.181. The largest absolute Gasteiger partial charge is 0.289 e. The number of hydrogen-bond donors (Lipinski definition) is 0. The molecule has 0 amide bonds. The number of ketones is 1. The standard InChI is InChI=1S/C17H17O2P/c1-11-7-6-8-12(2)16(11)17(18)15-10-5-4-9-14(15)13(3)20-19/h4-10,13H,1-3H3. The van der Waals surface area contributed by atoms with Crippen LogP contribution in [0.25, 0.3) is 0 Å². The van der Waals surface area contributed by atoms with E-state index in [2.05, 4.69) is 0 Å². The summed E-state index contributed by atoms with van der Waals surface area (Å²) in [7, 11) is 0.0294. The van der Waals surface area contributed by atoms with Gasteiger partial charge in [0.25, 0.3) is 0 Å². The van der Waals surface area contributed by atoms with Gasteiger partial charge in [-0.25, -0.2) is 0 Å². The first-order valence-electron chi connectivity index (χ1n) is 6.58. The van der Waals surface area contributed by atoms with Crippen molar-refractivity contribution in [3.05, 3.63) is 70.3 Å². The van der Waals surface area contributed by atoms with Crippen molar-refractivity contribution in [1.82, 2.24) is 0 Å². The van der Waals surface area contributed by atoms with Crippen LogP contribution in [0.2, 0.25) is 0 Å². The van der Waals surface area contributed by atoms with Crippen LogP contribution in [0.5, 0.6) is 0 Å². The van der Waals surface area contributed by atoms with Crippen LogP contribution >= 0.6 is 8.46 Å². The summed E-state index contributed by atoms with van der Waals surface area (Å²) in [4.78, 5) is 12.8. The first-order valence-corrected chi connectivity index (χ1v) is 7.46. The highest BCUT2D eigenvalue weighted by Crippen LogP contribution is 2.30. The summed E-state index contributed by atoms with van der Waals surface area (Å²) in [5.41, 5.74) is 3.97. The van der Waals surface area contributed by atoms with E-state index in [1.165, 1.54) is 0 Å². The molecule has 0 bridgehead atoms. The number of carbonyl (C=O) groups is 1. The molecule has 0 aliphatic heterocycles. The van der Waals surface area contributed by atoms with Gasteiger partial charge in [-0.2, -0.15) is 0 Å². The normalized spacial score (nSPS) is 12.3. The Morgan fingerprint density at radius 3 is 2.20 bits per heavy atom. The van der Waals surface area contributed by atoms with Gasteiger partial charge in [0.05, 0.1) is 5.66 Å². The maximum absolute atomic E-state index is 12.8. The maximum atomic E-state index is 12.8. The highest BCUT2D eigenvalue weighted by Gasteiger charge is 2.19. The summed E-state index contributed by atoms with van der Waals surface area (Å²) in [5, 5.41) is 0. The van der Waals surface area contributed by atoms with E-state index < -0.39 is 0 Å². The molecule has 0 N–H and O–H groups in total. The smallest absolute Gasteiger partial charge is 0.193 e. The van der Waals surface area contributed by atoms with Crippen molar-refractivity contribution in [2.75, 3.05) is 0 Å². The lowest BCUT2D eigenvalue weighted by atomic mass is 9.91. The van der Waals surface area contributed by atoms with Crippen molar-refractivity contribution < 1.29 is 9.36 Å². The predicted octanol–water partition coefficient (Wildman–Crippen LogP) is 4.89. The Balaban J connectivity index is 2.57. The van der Waals surface area contributed by atoms with E-state index in [0.717, 1.165) is 22.3 Å². The van der Waals surface area contributed by atoms with Gasteiger partial charge in [-0.05, 0) is 37.5 Å². The molecule has 102 valence electrons. The second kappa shape index (κ2) is 6.11. The minimum Gasteiger partial charge on any atom is -0.289 e. The topological polar surface area (TPSA) is 34.1 Å². The third-order valence-electron chi connectivity index (χ3n) is 3.52. The first kappa shape index (κ1) is 14.6. The lowest BCUT2D eigenvalue weighted by molar-refractivity contribution is 0.103. The van der Waals surface area contributed by atoms with Crippen molar-refractivity contribution in [3.8, 4) is 0 Å². The quantitative estimate of drug-likeness (QED) is 0.592. The van der Waals surface area contributed by atoms with Gasteiger partial charge in [0, 0.05) is 11.1 Å². The summed E-state index contributed by atoms with van der Waals surface area (Å²) in [6, 6.07) is 13.2. The zero-order valence-electron chi connectivity index (χ0n) is 11.9. The molecule has 20 heavy (non-hydrogen) atoms. The van der Waals surface area contributed by atoms with E-state index in [1.54, 1.807) is 0 Å². The Kier molecular flexibility index (Phi) is 4.46. The van der Waals surface area contributed by atoms with Crippen LogP contribution in [-0.4, -0.2) is 5.78 Å². The fraction of sp³-hybridized carbons (Fsp3) is 0.235. The fourth-order valence-electron chi connectivity index (χ4n) is 2.43. The molecule has 0 fully saturated rings. The van der Waals surface area contributed by atoms with Crippen LogP contribution in [0.3, 0.4) is 0 Å². The van der Waals surface area contributed by atoms with Gasteiger partial charge in [0.2, 0.25) is 0 Å². The van der Waals surface area contributed by atoms with Crippen molar-refractivity contribution in [2.24, 2.45) is 0 Å². The zero-order chi connectivity index (χ0) is 14.7. The van der Waals surface area contributed by atoms with Crippen LogP contribution in [0.15, 0.2) is 42.5 Å². The van der Waals surface area contributed by atoms with Gasteiger partial charge in [-0.15, -0.1) is 0 Å². The molecule has 0 aliphatic rings. The third-order valence-corrected chi connectivity index (χ3v) is 4.12. The van der Waals surface area contributed by atoms with E-state index in [-0.39, 0.29) is 19.9 Å². The molecule has 0 radical (unpaired) electrons. The van der Waals surface area contributed by atoms with Gasteiger partial charge < -0.3 is 0 Å². The van der Waals surface area contributed by atoms with Crippen molar-refractivity contribution >= 4 is 14.2 Å². The Hall–Kier alpha value is -1.79. The van der Waals surface area contributed by atoms with Crippen LogP contribution < -0.4 is 0 Å². The molecule has 0 heterocycles. The van der Waals surface area contributed by atoms with Gasteiger partial charge in [0.1, 0.15) is 0 Å². The Bertz CT molecular complexity index is 642. The van der Waals surface area contributed by atoms with Crippen molar-refractivity contribution in [3.63, 3.8) is 0 Å². The average molecular weight is 284 g/mol. The second-order valence-corrected chi connectivity index (χ2v) is 5.95. The second-order valence-electron chi connectivity index (χ2n) is 4.96. The fourth-order valence-corrected chi connectivity index (χ4v) is 2.77. The molecule has 0 saturated heterocycles. The minimum absolute atomic E-state index is 0.00620. The van der Waals surface area contributed by atoms with Crippen LogP contribution in [-0.2, 0) is 4.57 Å². The Morgan fingerprint density at radius 1 is 1.00 bits per heavy atom. The van der Waals surface area contributed by atoms with E-state index in [0.29, 0.717) is 5.56 Å². The first-order chi connectivity index (χ1) is 9.56. The number of hydrogen-bond acceptors (Lipinski definition) is 2. The molecule has 0 spiro atoms. The summed E-state index contributed by atoms with van der Waals surface area (Å²) < 4.78 is 11.1. The Labute approximate surface area is 121 Å². The third kappa shape index (κ3) is 2.71. The van der Waals surface area contributed by atoms with Gasteiger partial charge >= 0.3 is 0 Å². The Morgan fingerprint density at radius 2 is 1.60 bits per heavy atom. The van der Waals surface area contributed by atoms with E-state index in [9.17, 15) is 9.36 Å². The van der Waals surface area contributed by atoms with Gasteiger partial charge in [0.15, 0.2) is 14.2 Å². The highest BCUT2D eigenvalue weighted by atomic mass is 31.1. The highest BCUT2D eigenvalue weighted by molar-refractivity contribution is 7.24. The number of benzene rings is 2. The molecule has 1 atom stereocenters. The van der Waals surface area contributed by atoms with E-state index in [1.807, 2.05) is 63.2 Å². The average Bonchev–Trinajstić information content (AvgIpc) is 2.46. The summed E-state index contributed by atoms with van der Waals surface area (Å²) in [5.74, 6) is 0.00620. The number of aryl methyl sites for hydroxylation is 2. The molecule has 3 heteroatoms. The molecule has 2 aromatic carbocycles. The van der Waals surface area contributed by atoms with Gasteiger partial charge in [-0.3, -0.25) is 9.36 Å². The van der Waals surface area contributed by atoms with Crippen LogP contribution in [0.4, 0.5) is 0 Å². The SMILES string of the molecule is Cc1cccc(C)c1C(=O)c1ccccc1C(C)P=O. The van der Waals surface area contributed by atoms with E-state index >= 15 is 0 Å². The summed E-state index contributed by atoms with van der Waals surface area (Å²) in [6.45, 7) is 5.74. The van der Waals surface area contributed by atoms with Crippen molar-refractivity contribution in [2.45, 2.75) is 26.4 Å². The number of carbonyl (C=O) groups excluding carboxylic acids is 1. The predicted molar refractivity (Wildman–Crippen MR) is 81.8 cm³/mol. The lowest BCUT2D eigenvalue weighted by Gasteiger charge is -2.13. The van der Waals surface area contributed by atoms with Crippen LogP contribution in [0.1, 0.15) is 45.2 Å². The van der Waals surface area contributed by atoms with Crippen molar-refractivity contribution in [1.29, 1.82) is 0 Å². The molecule has 0 aromatic heterocycles. The summed E-state index contributed by atoms with van der Waals surface area (Å²) in [6.07, 6.45) is 0. The van der Waals surface area contributed by atoms with Crippen LogP contribution in [0, 0.1) is 13.8 Å². The lowest BCUT2D eigenvalue weighted by Crippen LogP contribution is -2.09. The van der Waals surface area contributed by atoms with E-state index in [4.69, 9.17) is 0 Å². The monoisotopic (exact) mass is 284 g/mol. The molecule has 1 unspecified atom stereocenters. The molecule has 2 nitrogen and oxygen atoms in total. The molecule has 0 aliphatic carbocycles. The molecular formula is C17H17O2P. The zero-order valence-corrected chi connectivity index (χ0v) is 12.8. The molecule has 0 saturated carbocycles. The van der Waals surface area contributed by atoms with Gasteiger partial charge in [-0.1, -0.05) is 42.5 Å². The summed E-state index contributed by atoms with van der Waals surface area (Å²) >= 11 is 0. The molecule has 2 aromatic rings. The maximum Gasteiger partial charge on any atom is 0.193 e. The molecule has 2 rings (SSSR count).